The number of benzene rings is 3. The highest BCUT2D eigenvalue weighted by Crippen LogP contribution is 2.62. The summed E-state index contributed by atoms with van der Waals surface area (Å²) in [7, 11) is 2.19. The minimum Gasteiger partial charge on any atom is -0.504 e. The van der Waals surface area contributed by atoms with E-state index in [1.165, 1.54) is 21.9 Å². The van der Waals surface area contributed by atoms with Crippen molar-refractivity contribution in [2.75, 3.05) is 46.5 Å². The number of phenols is 1. The van der Waals surface area contributed by atoms with E-state index in [1.807, 2.05) is 41.9 Å². The second-order valence-corrected chi connectivity index (χ2v) is 13.3. The summed E-state index contributed by atoms with van der Waals surface area (Å²) in [6.07, 6.45) is 5.18. The number of likely N-dealkylation sites (N-methyl/N-ethyl adjacent to an activating group) is 1. The molecule has 1 amide bonds. The van der Waals surface area contributed by atoms with Crippen LogP contribution in [0.1, 0.15) is 23.2 Å². The van der Waals surface area contributed by atoms with Gasteiger partial charge in [0.25, 0.3) is 0 Å². The van der Waals surface area contributed by atoms with E-state index < -0.39 is 6.10 Å². The van der Waals surface area contributed by atoms with Gasteiger partial charge in [-0.2, -0.15) is 0 Å². The summed E-state index contributed by atoms with van der Waals surface area (Å²) in [5.41, 5.74) is 4.29. The number of aryl methyl sites for hydroxylation is 1. The third kappa shape index (κ3) is 4.97. The standard InChI is InChI=1S/C20H21N3O3.C17H19NO3/c1-15-12-19(26-11-9-22-8-10-25-14-20(22)24)21-23(15)18-7-6-16-4-2-3-5-17(16)13-18;1-18-7-6-17-10-3-5-13(20)16(17)21-15-12(19)4-2-9(14(15)17)8-11(10)18/h2-7,12-13H,8-11,14H2,1H3;2-5,10-11,13,16,19-20H,6-8H2,1H3/t;10-,11+,13-,16-,17-/m.0/s1. The average Bonchev–Trinajstić information content (AvgIpc) is 3.64. The maximum Gasteiger partial charge on any atom is 0.248 e. The molecule has 47 heavy (non-hydrogen) atoms. The number of rotatable bonds is 5. The Bertz CT molecular complexity index is 1870. The first-order valence-corrected chi connectivity index (χ1v) is 16.5. The van der Waals surface area contributed by atoms with Gasteiger partial charge in [-0.3, -0.25) is 4.79 Å². The Morgan fingerprint density at radius 3 is 2.77 bits per heavy atom. The van der Waals surface area contributed by atoms with Crippen LogP contribution in [0.15, 0.2) is 72.8 Å². The number of aliphatic hydroxyl groups excluding tert-OH is 1. The van der Waals surface area contributed by atoms with Crippen LogP contribution in [0.4, 0.5) is 0 Å². The molecule has 4 heterocycles. The molecule has 1 spiro atoms. The molecular weight excluding hydrogens is 596 g/mol. The SMILES string of the molecule is CN1CC[C@]23c4c5ccc(O)c4O[C@H]2[C@@H](O)C=C[C@H]3[C@H]1C5.Cc1cc(OCCN2CCOCC2=O)nn1-c1ccc2ccccc2c1. The highest BCUT2D eigenvalue weighted by molar-refractivity contribution is 5.84. The number of aromatic nitrogens is 2. The fourth-order valence-corrected chi connectivity index (χ4v) is 8.37. The van der Waals surface area contributed by atoms with Crippen LogP contribution >= 0.6 is 0 Å². The topological polar surface area (TPSA) is 110 Å². The molecule has 5 atom stereocenters. The van der Waals surface area contributed by atoms with E-state index >= 15 is 0 Å². The molecule has 3 aromatic carbocycles. The second-order valence-electron chi connectivity index (χ2n) is 13.3. The quantitative estimate of drug-likeness (QED) is 0.319. The van der Waals surface area contributed by atoms with Crippen molar-refractivity contribution >= 4 is 16.7 Å². The third-order valence-electron chi connectivity index (χ3n) is 10.7. The third-order valence-corrected chi connectivity index (χ3v) is 10.7. The molecule has 10 nitrogen and oxygen atoms in total. The number of ether oxygens (including phenoxy) is 3. The number of likely N-dealkylation sites (tertiary alicyclic amines) is 1. The summed E-state index contributed by atoms with van der Waals surface area (Å²) in [4.78, 5) is 15.9. The van der Waals surface area contributed by atoms with Crippen molar-refractivity contribution in [1.29, 1.82) is 0 Å². The number of morpholine rings is 1. The van der Waals surface area contributed by atoms with E-state index in [9.17, 15) is 15.0 Å². The van der Waals surface area contributed by atoms with Crippen LogP contribution in [0.25, 0.3) is 16.5 Å². The lowest BCUT2D eigenvalue weighted by atomic mass is 9.53. The van der Waals surface area contributed by atoms with Gasteiger partial charge in [0.15, 0.2) is 11.5 Å². The smallest absolute Gasteiger partial charge is 0.248 e. The largest absolute Gasteiger partial charge is 0.504 e. The lowest BCUT2D eigenvalue weighted by Gasteiger charge is -2.56. The van der Waals surface area contributed by atoms with Gasteiger partial charge in [-0.25, -0.2) is 4.68 Å². The summed E-state index contributed by atoms with van der Waals surface area (Å²) >= 11 is 0. The number of hydrogen-bond acceptors (Lipinski definition) is 8. The molecule has 244 valence electrons. The summed E-state index contributed by atoms with van der Waals surface area (Å²) in [5, 5.41) is 27.6. The van der Waals surface area contributed by atoms with Crippen molar-refractivity contribution in [3.63, 3.8) is 0 Å². The van der Waals surface area contributed by atoms with Gasteiger partial charge in [-0.05, 0) is 67.9 Å². The van der Waals surface area contributed by atoms with Gasteiger partial charge >= 0.3 is 0 Å². The Morgan fingerprint density at radius 1 is 1.06 bits per heavy atom. The highest BCUT2D eigenvalue weighted by atomic mass is 16.5. The number of aromatic hydroxyl groups is 1. The predicted molar refractivity (Wildman–Crippen MR) is 176 cm³/mol. The molecule has 0 radical (unpaired) electrons. The molecule has 2 saturated heterocycles. The maximum absolute atomic E-state index is 11.7. The molecule has 2 aliphatic carbocycles. The molecule has 2 N–H and O–H groups in total. The molecule has 9 rings (SSSR count). The van der Waals surface area contributed by atoms with Crippen molar-refractivity contribution in [3.05, 3.63) is 89.6 Å². The predicted octanol–water partition coefficient (Wildman–Crippen LogP) is 3.77. The second kappa shape index (κ2) is 11.7. The molecular formula is C37H40N4O6. The van der Waals surface area contributed by atoms with Crippen LogP contribution in [0, 0.1) is 12.8 Å². The van der Waals surface area contributed by atoms with Crippen LogP contribution < -0.4 is 9.47 Å². The summed E-state index contributed by atoms with van der Waals surface area (Å²) in [6, 6.07) is 20.7. The summed E-state index contributed by atoms with van der Waals surface area (Å²) < 4.78 is 18.9. The number of amides is 1. The number of piperidine rings is 1. The van der Waals surface area contributed by atoms with Gasteiger partial charge in [-0.15, -0.1) is 5.10 Å². The molecule has 2 fully saturated rings. The minimum atomic E-state index is -0.594. The summed E-state index contributed by atoms with van der Waals surface area (Å²) in [6.45, 7) is 5.34. The van der Waals surface area contributed by atoms with E-state index in [0.717, 1.165) is 30.8 Å². The monoisotopic (exact) mass is 636 g/mol. The van der Waals surface area contributed by atoms with Gasteiger partial charge in [0, 0.05) is 41.2 Å². The molecule has 0 saturated carbocycles. The van der Waals surface area contributed by atoms with Crippen molar-refractivity contribution < 1.29 is 29.2 Å². The fourth-order valence-electron chi connectivity index (χ4n) is 8.37. The van der Waals surface area contributed by atoms with Crippen LogP contribution in [-0.4, -0.2) is 100 Å². The van der Waals surface area contributed by atoms with E-state index in [1.54, 1.807) is 11.0 Å². The Kier molecular flexibility index (Phi) is 7.46. The van der Waals surface area contributed by atoms with Crippen LogP contribution in [0.5, 0.6) is 17.4 Å². The molecule has 1 aromatic heterocycles. The Balaban J connectivity index is 0.000000141. The Morgan fingerprint density at radius 2 is 1.91 bits per heavy atom. The first kappa shape index (κ1) is 30.0. The highest BCUT2D eigenvalue weighted by Gasteiger charge is 2.64. The molecule has 2 bridgehead atoms. The van der Waals surface area contributed by atoms with Gasteiger partial charge < -0.3 is 34.2 Å². The minimum absolute atomic E-state index is 0.0118. The van der Waals surface area contributed by atoms with Crippen LogP contribution in [0.3, 0.4) is 0 Å². The van der Waals surface area contributed by atoms with Gasteiger partial charge in [0.05, 0.1) is 18.8 Å². The average molecular weight is 637 g/mol. The van der Waals surface area contributed by atoms with Crippen molar-refractivity contribution in [2.45, 2.75) is 43.4 Å². The molecule has 4 aromatic rings. The van der Waals surface area contributed by atoms with E-state index in [4.69, 9.17) is 14.2 Å². The number of hydrogen-bond donors (Lipinski definition) is 2. The lowest BCUT2D eigenvalue weighted by molar-refractivity contribution is -0.143. The van der Waals surface area contributed by atoms with Gasteiger partial charge in [-0.1, -0.05) is 48.6 Å². The van der Waals surface area contributed by atoms with E-state index in [0.29, 0.717) is 49.9 Å². The molecule has 3 aliphatic heterocycles. The van der Waals surface area contributed by atoms with Gasteiger partial charge in [0.1, 0.15) is 25.4 Å². The first-order chi connectivity index (χ1) is 22.8. The number of phenolic OH excluding ortho intramolecular Hbond substituents is 1. The number of carbonyl (C=O) groups excluding carboxylic acids is 1. The maximum atomic E-state index is 11.7. The molecule has 10 heteroatoms. The van der Waals surface area contributed by atoms with E-state index in [-0.39, 0.29) is 29.8 Å². The van der Waals surface area contributed by atoms with E-state index in [2.05, 4.69) is 53.5 Å². The Hall–Kier alpha value is -4.38. The number of nitrogens with zero attached hydrogens (tertiary/aromatic N) is 4. The zero-order valence-corrected chi connectivity index (χ0v) is 26.7. The number of fused-ring (bicyclic) bond motifs is 1. The van der Waals surface area contributed by atoms with Gasteiger partial charge in [0.2, 0.25) is 11.8 Å². The summed E-state index contributed by atoms with van der Waals surface area (Å²) in [5.74, 6) is 1.77. The first-order valence-electron chi connectivity index (χ1n) is 16.5. The van der Waals surface area contributed by atoms with Crippen molar-refractivity contribution in [1.82, 2.24) is 19.6 Å². The van der Waals surface area contributed by atoms with Crippen LogP contribution in [-0.2, 0) is 21.4 Å². The Labute approximate surface area is 273 Å². The zero-order chi connectivity index (χ0) is 32.3. The molecule has 0 unspecified atom stereocenters. The van der Waals surface area contributed by atoms with Crippen LogP contribution in [0.2, 0.25) is 0 Å². The molecule has 5 aliphatic rings. The zero-order valence-electron chi connectivity index (χ0n) is 26.7. The normalized spacial score (nSPS) is 27.2. The van der Waals surface area contributed by atoms with Crippen molar-refractivity contribution in [2.24, 2.45) is 5.92 Å². The fraction of sp³-hybridized carbons (Fsp3) is 0.405. The lowest BCUT2D eigenvalue weighted by Crippen LogP contribution is -2.64. The number of carbonyl (C=O) groups is 1. The number of aliphatic hydroxyl groups is 1. The van der Waals surface area contributed by atoms with Crippen molar-refractivity contribution in [3.8, 4) is 23.1 Å².